The van der Waals surface area contributed by atoms with Crippen molar-refractivity contribution in [3.8, 4) is 5.75 Å². The van der Waals surface area contributed by atoms with Gasteiger partial charge in [-0.25, -0.2) is 0 Å². The standard InChI is InChI=1S/C25H27NO2/c1-19-13-14-23(17-20(19)2)28-16-15-26-25(27)24(22-11-7-4-8-12-22)18-21-9-5-3-6-10-21/h3-14,17,24H,15-16,18H2,1-2H3,(H,26,27). The molecule has 3 nitrogen and oxygen atoms in total. The third-order valence-electron chi connectivity index (χ3n) is 4.95. The number of ether oxygens (including phenoxy) is 1. The first-order valence-electron chi connectivity index (χ1n) is 9.70. The molecule has 0 aliphatic rings. The molecule has 1 amide bonds. The fraction of sp³-hybridized carbons (Fsp3) is 0.240. The van der Waals surface area contributed by atoms with Gasteiger partial charge in [-0.05, 0) is 54.7 Å². The van der Waals surface area contributed by atoms with Crippen LogP contribution in [0.1, 0.15) is 28.2 Å². The van der Waals surface area contributed by atoms with Gasteiger partial charge in [-0.3, -0.25) is 4.79 Å². The normalized spacial score (nSPS) is 11.6. The first-order valence-corrected chi connectivity index (χ1v) is 9.70. The van der Waals surface area contributed by atoms with E-state index in [1.807, 2.05) is 60.7 Å². The molecule has 0 heterocycles. The van der Waals surface area contributed by atoms with Crippen LogP contribution < -0.4 is 10.1 Å². The molecule has 0 saturated carbocycles. The second-order valence-corrected chi connectivity index (χ2v) is 7.04. The maximum atomic E-state index is 12.9. The maximum absolute atomic E-state index is 12.9. The van der Waals surface area contributed by atoms with Gasteiger partial charge in [0.1, 0.15) is 12.4 Å². The Bertz CT molecular complexity index is 891. The number of hydrogen-bond acceptors (Lipinski definition) is 2. The van der Waals surface area contributed by atoms with E-state index in [0.717, 1.165) is 16.9 Å². The van der Waals surface area contributed by atoms with Gasteiger partial charge in [0.2, 0.25) is 5.91 Å². The number of carbonyl (C=O) groups excluding carboxylic acids is 1. The zero-order valence-electron chi connectivity index (χ0n) is 16.5. The third-order valence-corrected chi connectivity index (χ3v) is 4.95. The zero-order valence-corrected chi connectivity index (χ0v) is 16.5. The van der Waals surface area contributed by atoms with E-state index < -0.39 is 0 Å². The van der Waals surface area contributed by atoms with E-state index in [-0.39, 0.29) is 11.8 Å². The average Bonchev–Trinajstić information content (AvgIpc) is 2.73. The lowest BCUT2D eigenvalue weighted by atomic mass is 9.91. The van der Waals surface area contributed by atoms with Crippen LogP contribution in [0.2, 0.25) is 0 Å². The molecule has 0 fully saturated rings. The molecule has 3 aromatic carbocycles. The molecular formula is C25H27NO2. The number of benzene rings is 3. The summed E-state index contributed by atoms with van der Waals surface area (Å²) in [5.74, 6) is 0.644. The summed E-state index contributed by atoms with van der Waals surface area (Å²) < 4.78 is 5.78. The second-order valence-electron chi connectivity index (χ2n) is 7.04. The molecule has 1 N–H and O–H groups in total. The van der Waals surface area contributed by atoms with Crippen LogP contribution in [0.4, 0.5) is 0 Å². The minimum absolute atomic E-state index is 0.0266. The van der Waals surface area contributed by atoms with Crippen LogP contribution in [0, 0.1) is 13.8 Å². The molecule has 0 aliphatic heterocycles. The highest BCUT2D eigenvalue weighted by Crippen LogP contribution is 2.21. The first kappa shape index (κ1) is 19.7. The van der Waals surface area contributed by atoms with E-state index in [2.05, 4.69) is 37.4 Å². The Morgan fingerprint density at radius 2 is 1.57 bits per heavy atom. The van der Waals surface area contributed by atoms with Crippen LogP contribution in [0.25, 0.3) is 0 Å². The molecule has 0 saturated heterocycles. The molecule has 0 radical (unpaired) electrons. The number of nitrogens with one attached hydrogen (secondary N) is 1. The molecule has 3 heteroatoms. The lowest BCUT2D eigenvalue weighted by Crippen LogP contribution is -2.33. The van der Waals surface area contributed by atoms with E-state index in [9.17, 15) is 4.79 Å². The lowest BCUT2D eigenvalue weighted by molar-refractivity contribution is -0.122. The molecular weight excluding hydrogens is 346 g/mol. The highest BCUT2D eigenvalue weighted by Gasteiger charge is 2.20. The molecule has 1 atom stereocenters. The quantitative estimate of drug-likeness (QED) is 0.575. The molecule has 0 aliphatic carbocycles. The highest BCUT2D eigenvalue weighted by molar-refractivity contribution is 5.84. The van der Waals surface area contributed by atoms with Crippen molar-refractivity contribution in [3.05, 3.63) is 101 Å². The van der Waals surface area contributed by atoms with Gasteiger partial charge in [0, 0.05) is 0 Å². The average molecular weight is 373 g/mol. The maximum Gasteiger partial charge on any atom is 0.227 e. The minimum atomic E-state index is -0.217. The van der Waals surface area contributed by atoms with E-state index >= 15 is 0 Å². The largest absolute Gasteiger partial charge is 0.492 e. The summed E-state index contributed by atoms with van der Waals surface area (Å²) in [6, 6.07) is 26.1. The fourth-order valence-corrected chi connectivity index (χ4v) is 3.17. The van der Waals surface area contributed by atoms with E-state index in [1.165, 1.54) is 11.1 Å². The first-order chi connectivity index (χ1) is 13.6. The van der Waals surface area contributed by atoms with Gasteiger partial charge in [-0.1, -0.05) is 66.7 Å². The lowest BCUT2D eigenvalue weighted by Gasteiger charge is -2.18. The summed E-state index contributed by atoms with van der Waals surface area (Å²) in [5, 5.41) is 3.03. The summed E-state index contributed by atoms with van der Waals surface area (Å²) >= 11 is 0. The number of hydrogen-bond donors (Lipinski definition) is 1. The second kappa shape index (κ2) is 9.75. The molecule has 28 heavy (non-hydrogen) atoms. The van der Waals surface area contributed by atoms with Crippen LogP contribution in [0.5, 0.6) is 5.75 Å². The van der Waals surface area contributed by atoms with Gasteiger partial charge in [0.05, 0.1) is 12.5 Å². The SMILES string of the molecule is Cc1ccc(OCCNC(=O)C(Cc2ccccc2)c2ccccc2)cc1C. The Labute approximate surface area is 167 Å². The van der Waals surface area contributed by atoms with Gasteiger partial charge in [-0.15, -0.1) is 0 Å². The van der Waals surface area contributed by atoms with Gasteiger partial charge in [0.25, 0.3) is 0 Å². The van der Waals surface area contributed by atoms with Crippen molar-refractivity contribution in [1.29, 1.82) is 0 Å². The van der Waals surface area contributed by atoms with Gasteiger partial charge < -0.3 is 10.1 Å². The van der Waals surface area contributed by atoms with E-state index in [1.54, 1.807) is 0 Å². The third kappa shape index (κ3) is 5.46. The van der Waals surface area contributed by atoms with Gasteiger partial charge >= 0.3 is 0 Å². The molecule has 3 rings (SSSR count). The van der Waals surface area contributed by atoms with Crippen molar-refractivity contribution in [2.75, 3.05) is 13.2 Å². The monoisotopic (exact) mass is 373 g/mol. The minimum Gasteiger partial charge on any atom is -0.492 e. The number of amides is 1. The summed E-state index contributed by atoms with van der Waals surface area (Å²) in [5.41, 5.74) is 4.62. The number of rotatable bonds is 8. The molecule has 3 aromatic rings. The van der Waals surface area contributed by atoms with Crippen molar-refractivity contribution < 1.29 is 9.53 Å². The summed E-state index contributed by atoms with van der Waals surface area (Å²) in [7, 11) is 0. The highest BCUT2D eigenvalue weighted by atomic mass is 16.5. The zero-order chi connectivity index (χ0) is 19.8. The molecule has 0 aromatic heterocycles. The Morgan fingerprint density at radius 1 is 0.893 bits per heavy atom. The smallest absolute Gasteiger partial charge is 0.227 e. The molecule has 0 spiro atoms. The van der Waals surface area contributed by atoms with Crippen LogP contribution in [-0.4, -0.2) is 19.1 Å². The van der Waals surface area contributed by atoms with Crippen LogP contribution in [0.15, 0.2) is 78.9 Å². The summed E-state index contributed by atoms with van der Waals surface area (Å²) in [6.45, 7) is 5.07. The predicted molar refractivity (Wildman–Crippen MR) is 114 cm³/mol. The molecule has 144 valence electrons. The van der Waals surface area contributed by atoms with Crippen molar-refractivity contribution >= 4 is 5.91 Å². The fourth-order valence-electron chi connectivity index (χ4n) is 3.17. The van der Waals surface area contributed by atoms with Gasteiger partial charge in [-0.2, -0.15) is 0 Å². The molecule has 1 unspecified atom stereocenters. The van der Waals surface area contributed by atoms with Crippen molar-refractivity contribution in [2.45, 2.75) is 26.2 Å². The Kier molecular flexibility index (Phi) is 6.85. The van der Waals surface area contributed by atoms with E-state index in [0.29, 0.717) is 19.6 Å². The number of aryl methyl sites for hydroxylation is 2. The van der Waals surface area contributed by atoms with Crippen molar-refractivity contribution in [2.24, 2.45) is 0 Å². The summed E-state index contributed by atoms with van der Waals surface area (Å²) in [6.07, 6.45) is 0.675. The van der Waals surface area contributed by atoms with E-state index in [4.69, 9.17) is 4.74 Å². The number of carbonyl (C=O) groups is 1. The Balaban J connectivity index is 1.59. The Hall–Kier alpha value is -3.07. The summed E-state index contributed by atoms with van der Waals surface area (Å²) in [4.78, 5) is 12.9. The van der Waals surface area contributed by atoms with Crippen LogP contribution in [-0.2, 0) is 11.2 Å². The van der Waals surface area contributed by atoms with Crippen molar-refractivity contribution in [1.82, 2.24) is 5.32 Å². The van der Waals surface area contributed by atoms with Gasteiger partial charge in [0.15, 0.2) is 0 Å². The Morgan fingerprint density at radius 3 is 2.25 bits per heavy atom. The van der Waals surface area contributed by atoms with Crippen molar-refractivity contribution in [3.63, 3.8) is 0 Å². The molecule has 0 bridgehead atoms. The predicted octanol–water partition coefficient (Wildman–Crippen LogP) is 4.82. The van der Waals surface area contributed by atoms with Crippen LogP contribution >= 0.6 is 0 Å². The van der Waals surface area contributed by atoms with Crippen LogP contribution in [0.3, 0.4) is 0 Å². The topological polar surface area (TPSA) is 38.3 Å².